The van der Waals surface area contributed by atoms with Crippen molar-refractivity contribution in [1.29, 1.82) is 0 Å². The first kappa shape index (κ1) is 28.6. The molecule has 13 heteroatoms. The largest absolute Gasteiger partial charge is 0.443 e. The Morgan fingerprint density at radius 3 is 2.60 bits per heavy atom. The van der Waals surface area contributed by atoms with Crippen LogP contribution in [0.4, 0.5) is 0 Å². The van der Waals surface area contributed by atoms with Gasteiger partial charge in [0.15, 0.2) is 11.3 Å². The van der Waals surface area contributed by atoms with E-state index in [1.54, 1.807) is 38.1 Å². The summed E-state index contributed by atoms with van der Waals surface area (Å²) in [5, 5.41) is 11.0. The van der Waals surface area contributed by atoms with E-state index < -0.39 is 41.6 Å². The van der Waals surface area contributed by atoms with Gasteiger partial charge >= 0.3 is 5.76 Å². The maximum atomic E-state index is 13.5. The SMILES string of the molecule is Cc1oc2nc1C(=O)N[C@H](C)C(=O)NCCCC[C@H](NC(=O)Cn1c(=O)oc3ccccc31)C(=O)N[C@H]2C(C)C. The minimum Gasteiger partial charge on any atom is -0.443 e. The number of amides is 4. The van der Waals surface area contributed by atoms with E-state index in [2.05, 4.69) is 26.3 Å². The molecule has 0 radical (unpaired) electrons. The molecule has 0 saturated carbocycles. The molecule has 1 aromatic carbocycles. The first-order chi connectivity index (χ1) is 19.0. The number of fused-ring (bicyclic) bond motifs is 3. The molecule has 13 nitrogen and oxygen atoms in total. The summed E-state index contributed by atoms with van der Waals surface area (Å²) < 4.78 is 12.2. The molecule has 0 spiro atoms. The topological polar surface area (TPSA) is 178 Å². The molecule has 3 atom stereocenters. The highest BCUT2D eigenvalue weighted by molar-refractivity contribution is 5.96. The Hall–Kier alpha value is -4.42. The Morgan fingerprint density at radius 1 is 1.10 bits per heavy atom. The number of hydrogen-bond donors (Lipinski definition) is 4. The number of para-hydroxylation sites is 2. The van der Waals surface area contributed by atoms with Gasteiger partial charge in [-0.1, -0.05) is 26.0 Å². The van der Waals surface area contributed by atoms with Gasteiger partial charge in [-0.3, -0.25) is 23.7 Å². The molecule has 4 rings (SSSR count). The van der Waals surface area contributed by atoms with E-state index in [1.807, 2.05) is 13.8 Å². The Kier molecular flexibility index (Phi) is 8.70. The van der Waals surface area contributed by atoms with E-state index in [0.29, 0.717) is 30.5 Å². The number of oxazole rings is 2. The lowest BCUT2D eigenvalue weighted by Crippen LogP contribution is -2.49. The van der Waals surface area contributed by atoms with E-state index in [0.717, 1.165) is 0 Å². The second kappa shape index (κ2) is 12.2. The number of carbonyl (C=O) groups is 4. The summed E-state index contributed by atoms with van der Waals surface area (Å²) >= 11 is 0. The maximum absolute atomic E-state index is 13.5. The molecule has 0 aliphatic carbocycles. The van der Waals surface area contributed by atoms with Crippen molar-refractivity contribution in [2.45, 2.75) is 71.6 Å². The van der Waals surface area contributed by atoms with Crippen molar-refractivity contribution in [2.24, 2.45) is 5.92 Å². The number of aryl methyl sites for hydroxylation is 1. The molecule has 214 valence electrons. The number of hydrogen-bond acceptors (Lipinski definition) is 8. The minimum atomic E-state index is -0.941. The fraction of sp³-hybridized carbons (Fsp3) is 0.481. The van der Waals surface area contributed by atoms with Crippen molar-refractivity contribution >= 4 is 34.7 Å². The van der Waals surface area contributed by atoms with Crippen LogP contribution in [-0.2, 0) is 20.9 Å². The summed E-state index contributed by atoms with van der Waals surface area (Å²) in [7, 11) is 0. The molecule has 4 amide bonds. The zero-order valence-electron chi connectivity index (χ0n) is 22.9. The van der Waals surface area contributed by atoms with Gasteiger partial charge in [-0.15, -0.1) is 0 Å². The summed E-state index contributed by atoms with van der Waals surface area (Å²) in [6.07, 6.45) is 1.32. The van der Waals surface area contributed by atoms with Crippen LogP contribution in [0.25, 0.3) is 11.1 Å². The molecule has 2 bridgehead atoms. The summed E-state index contributed by atoms with van der Waals surface area (Å²) in [6, 6.07) is 4.32. The molecule has 1 aliphatic heterocycles. The summed E-state index contributed by atoms with van der Waals surface area (Å²) in [5.74, 6) is -2.41. The smallest absolute Gasteiger partial charge is 0.420 e. The predicted octanol–water partition coefficient (Wildman–Crippen LogP) is 1.31. The van der Waals surface area contributed by atoms with Crippen LogP contribution in [-0.4, -0.2) is 51.8 Å². The third-order valence-corrected chi connectivity index (χ3v) is 6.75. The van der Waals surface area contributed by atoms with Crippen molar-refractivity contribution in [3.8, 4) is 0 Å². The fourth-order valence-electron chi connectivity index (χ4n) is 4.51. The average molecular weight is 555 g/mol. The van der Waals surface area contributed by atoms with E-state index in [-0.39, 0.29) is 42.1 Å². The van der Waals surface area contributed by atoms with Crippen molar-refractivity contribution in [1.82, 2.24) is 30.8 Å². The van der Waals surface area contributed by atoms with Crippen LogP contribution in [0.2, 0.25) is 0 Å². The molecule has 0 fully saturated rings. The van der Waals surface area contributed by atoms with Gasteiger partial charge in [0, 0.05) is 6.54 Å². The summed E-state index contributed by atoms with van der Waals surface area (Å²) in [5.41, 5.74) is 0.839. The molecule has 3 heterocycles. The highest BCUT2D eigenvalue weighted by atomic mass is 16.4. The Labute approximate surface area is 230 Å². The third-order valence-electron chi connectivity index (χ3n) is 6.75. The van der Waals surface area contributed by atoms with Gasteiger partial charge in [-0.2, -0.15) is 0 Å². The lowest BCUT2D eigenvalue weighted by atomic mass is 10.0. The number of benzene rings is 1. The molecular weight excluding hydrogens is 520 g/mol. The van der Waals surface area contributed by atoms with Gasteiger partial charge in [-0.05, 0) is 51.2 Å². The quantitative estimate of drug-likeness (QED) is 0.373. The van der Waals surface area contributed by atoms with E-state index >= 15 is 0 Å². The highest BCUT2D eigenvalue weighted by Crippen LogP contribution is 2.24. The van der Waals surface area contributed by atoms with Gasteiger partial charge in [0.1, 0.15) is 30.4 Å². The van der Waals surface area contributed by atoms with Gasteiger partial charge < -0.3 is 30.1 Å². The van der Waals surface area contributed by atoms with E-state index in [9.17, 15) is 24.0 Å². The molecule has 0 unspecified atom stereocenters. The number of nitrogens with zero attached hydrogens (tertiary/aromatic N) is 2. The van der Waals surface area contributed by atoms with Crippen LogP contribution in [0.1, 0.15) is 68.2 Å². The van der Waals surface area contributed by atoms with Crippen molar-refractivity contribution in [2.75, 3.05) is 6.54 Å². The lowest BCUT2D eigenvalue weighted by Gasteiger charge is -2.24. The normalized spacial score (nSPS) is 21.1. The number of aromatic nitrogens is 2. The van der Waals surface area contributed by atoms with E-state index in [1.165, 1.54) is 4.57 Å². The van der Waals surface area contributed by atoms with Crippen LogP contribution in [0.3, 0.4) is 0 Å². The van der Waals surface area contributed by atoms with Crippen LogP contribution in [0.5, 0.6) is 0 Å². The Morgan fingerprint density at radius 2 is 1.85 bits per heavy atom. The van der Waals surface area contributed by atoms with Crippen LogP contribution >= 0.6 is 0 Å². The highest BCUT2D eigenvalue weighted by Gasteiger charge is 2.31. The van der Waals surface area contributed by atoms with Crippen LogP contribution in [0, 0.1) is 12.8 Å². The van der Waals surface area contributed by atoms with Gasteiger partial charge in [-0.25, -0.2) is 9.78 Å². The lowest BCUT2D eigenvalue weighted by molar-refractivity contribution is -0.130. The zero-order chi connectivity index (χ0) is 29.0. The van der Waals surface area contributed by atoms with Gasteiger partial charge in [0.2, 0.25) is 23.6 Å². The molecule has 3 aromatic rings. The first-order valence-corrected chi connectivity index (χ1v) is 13.3. The molecule has 1 aliphatic rings. The molecule has 4 N–H and O–H groups in total. The molecular formula is C27H34N6O7. The Balaban J connectivity index is 1.58. The van der Waals surface area contributed by atoms with Crippen molar-refractivity contribution < 1.29 is 28.0 Å². The number of carbonyl (C=O) groups excluding carboxylic acids is 4. The second-order valence-electron chi connectivity index (χ2n) is 10.2. The monoisotopic (exact) mass is 554 g/mol. The molecule has 0 saturated heterocycles. The van der Waals surface area contributed by atoms with Gasteiger partial charge in [0.25, 0.3) is 5.91 Å². The predicted molar refractivity (Wildman–Crippen MR) is 143 cm³/mol. The minimum absolute atomic E-state index is 0.0178. The van der Waals surface area contributed by atoms with Gasteiger partial charge in [0.05, 0.1) is 5.52 Å². The molecule has 40 heavy (non-hydrogen) atoms. The summed E-state index contributed by atoms with van der Waals surface area (Å²) in [4.78, 5) is 68.4. The van der Waals surface area contributed by atoms with Crippen LogP contribution < -0.4 is 27.0 Å². The summed E-state index contributed by atoms with van der Waals surface area (Å²) in [6.45, 7) is 6.86. The standard InChI is InChI=1S/C27H34N6O7/c1-14(2)21-26-32-22(16(4)39-26)25(37)29-15(3)23(35)28-12-8-7-9-17(24(36)31-21)30-20(34)13-33-18-10-5-6-11-19(18)40-27(33)38/h5-6,10-11,14-15,17,21H,7-9,12-13H2,1-4H3,(H,28,35)(H,29,37)(H,30,34)(H,31,36)/t15-,17+,21+/m1/s1. The number of nitrogens with one attached hydrogen (secondary N) is 4. The Bertz CT molecular complexity index is 1470. The fourth-order valence-corrected chi connectivity index (χ4v) is 4.51. The average Bonchev–Trinajstić information content (AvgIpc) is 3.44. The maximum Gasteiger partial charge on any atom is 0.420 e. The first-order valence-electron chi connectivity index (χ1n) is 13.3. The third kappa shape index (κ3) is 6.41. The second-order valence-corrected chi connectivity index (χ2v) is 10.2. The van der Waals surface area contributed by atoms with Crippen molar-refractivity contribution in [3.63, 3.8) is 0 Å². The number of rotatable bonds is 4. The zero-order valence-corrected chi connectivity index (χ0v) is 22.9. The van der Waals surface area contributed by atoms with Crippen molar-refractivity contribution in [3.05, 3.63) is 52.2 Å². The molecule has 2 aromatic heterocycles. The van der Waals surface area contributed by atoms with Crippen LogP contribution in [0.15, 0.2) is 37.9 Å². The van der Waals surface area contributed by atoms with E-state index in [4.69, 9.17) is 8.83 Å².